The Labute approximate surface area is 162 Å². The number of anilines is 1. The first-order valence-electron chi connectivity index (χ1n) is 8.54. The van der Waals surface area contributed by atoms with E-state index in [-0.39, 0.29) is 29.5 Å². The second-order valence-electron chi connectivity index (χ2n) is 5.92. The van der Waals surface area contributed by atoms with E-state index in [1.54, 1.807) is 19.1 Å². The van der Waals surface area contributed by atoms with E-state index in [1.165, 1.54) is 24.3 Å². The number of aliphatic hydroxyl groups excluding tert-OH is 1. The summed E-state index contributed by atoms with van der Waals surface area (Å²) in [4.78, 5) is 12.4. The molecule has 0 radical (unpaired) electrons. The van der Waals surface area contributed by atoms with Gasteiger partial charge < -0.3 is 26.2 Å². The minimum Gasteiger partial charge on any atom is -0.493 e. The molecule has 0 unspecified atom stereocenters. The molecule has 1 amide bonds. The third-order valence-corrected chi connectivity index (χ3v) is 4.09. The molecule has 0 fully saturated rings. The monoisotopic (exact) mass is 395 g/mol. The van der Waals surface area contributed by atoms with Gasteiger partial charge in [0.05, 0.1) is 29.0 Å². The van der Waals surface area contributed by atoms with Crippen molar-refractivity contribution in [2.75, 3.05) is 25.4 Å². The minimum absolute atomic E-state index is 0.0445. The first-order chi connectivity index (χ1) is 12.9. The highest BCUT2D eigenvalue weighted by Gasteiger charge is 2.16. The van der Waals surface area contributed by atoms with Crippen molar-refractivity contribution in [3.05, 3.63) is 58.4 Å². The third-order valence-electron chi connectivity index (χ3n) is 3.76. The molecule has 0 saturated heterocycles. The fourth-order valence-electron chi connectivity index (χ4n) is 2.38. The van der Waals surface area contributed by atoms with Crippen molar-refractivity contribution in [2.45, 2.75) is 19.6 Å². The summed E-state index contributed by atoms with van der Waals surface area (Å²) in [6.07, 6.45) is -0.797. The van der Waals surface area contributed by atoms with Crippen molar-refractivity contribution in [3.8, 4) is 5.75 Å². The number of nitrogens with two attached hydrogens (primary N) is 1. The van der Waals surface area contributed by atoms with Crippen LogP contribution in [-0.2, 0) is 6.54 Å². The first-order valence-corrected chi connectivity index (χ1v) is 8.91. The average Bonchev–Trinajstić information content (AvgIpc) is 2.64. The molecule has 0 aliphatic rings. The molecule has 1 atom stereocenters. The number of nitrogen functional groups attached to an aromatic ring is 1. The fourth-order valence-corrected chi connectivity index (χ4v) is 2.55. The highest BCUT2D eigenvalue weighted by molar-refractivity contribution is 6.33. The maximum atomic E-state index is 12.9. The SMILES string of the molecule is CCOc1cc(N)c(Cl)cc1C(=O)NC[C@@H](O)CNCc1ccc(F)cc1. The molecule has 0 bridgehead atoms. The second kappa shape index (κ2) is 10.1. The maximum absolute atomic E-state index is 12.9. The van der Waals surface area contributed by atoms with Crippen LogP contribution in [0.15, 0.2) is 36.4 Å². The number of ether oxygens (including phenoxy) is 1. The molecule has 146 valence electrons. The minimum atomic E-state index is -0.797. The molecule has 0 aliphatic carbocycles. The van der Waals surface area contributed by atoms with E-state index in [4.69, 9.17) is 22.1 Å². The quantitative estimate of drug-likeness (QED) is 0.489. The van der Waals surface area contributed by atoms with Gasteiger partial charge in [0, 0.05) is 25.7 Å². The molecule has 0 aliphatic heterocycles. The summed E-state index contributed by atoms with van der Waals surface area (Å²) in [5, 5.41) is 16.0. The molecule has 0 aromatic heterocycles. The van der Waals surface area contributed by atoms with E-state index in [9.17, 15) is 14.3 Å². The van der Waals surface area contributed by atoms with Crippen molar-refractivity contribution in [1.82, 2.24) is 10.6 Å². The Morgan fingerprint density at radius 2 is 2.00 bits per heavy atom. The van der Waals surface area contributed by atoms with Gasteiger partial charge in [-0.25, -0.2) is 4.39 Å². The van der Waals surface area contributed by atoms with Crippen LogP contribution in [0.25, 0.3) is 0 Å². The van der Waals surface area contributed by atoms with Crippen LogP contribution in [0.5, 0.6) is 5.75 Å². The van der Waals surface area contributed by atoms with E-state index in [0.29, 0.717) is 24.6 Å². The van der Waals surface area contributed by atoms with Crippen LogP contribution < -0.4 is 21.1 Å². The molecular formula is C19H23ClFN3O3. The Morgan fingerprint density at radius 3 is 2.67 bits per heavy atom. The predicted molar refractivity (Wildman–Crippen MR) is 103 cm³/mol. The number of hydrogen-bond donors (Lipinski definition) is 4. The van der Waals surface area contributed by atoms with Gasteiger partial charge in [-0.05, 0) is 30.7 Å². The van der Waals surface area contributed by atoms with Crippen LogP contribution in [-0.4, -0.2) is 36.8 Å². The van der Waals surface area contributed by atoms with Crippen molar-refractivity contribution in [1.29, 1.82) is 0 Å². The number of amides is 1. The molecule has 0 heterocycles. The molecule has 8 heteroatoms. The normalized spacial score (nSPS) is 11.9. The number of hydrogen-bond acceptors (Lipinski definition) is 5. The molecule has 6 nitrogen and oxygen atoms in total. The number of benzene rings is 2. The van der Waals surface area contributed by atoms with Crippen LogP contribution in [0, 0.1) is 5.82 Å². The highest BCUT2D eigenvalue weighted by atomic mass is 35.5. The van der Waals surface area contributed by atoms with Crippen molar-refractivity contribution in [3.63, 3.8) is 0 Å². The summed E-state index contributed by atoms with van der Waals surface area (Å²) < 4.78 is 18.3. The summed E-state index contributed by atoms with van der Waals surface area (Å²) in [5.74, 6) is -0.380. The van der Waals surface area contributed by atoms with Crippen LogP contribution in [0.3, 0.4) is 0 Å². The molecular weight excluding hydrogens is 373 g/mol. The number of aliphatic hydroxyl groups is 1. The number of carbonyl (C=O) groups excluding carboxylic acids is 1. The number of rotatable bonds is 9. The average molecular weight is 396 g/mol. The van der Waals surface area contributed by atoms with E-state index in [2.05, 4.69) is 10.6 Å². The third kappa shape index (κ3) is 6.39. The van der Waals surface area contributed by atoms with Gasteiger partial charge in [-0.2, -0.15) is 0 Å². The van der Waals surface area contributed by atoms with E-state index >= 15 is 0 Å². The molecule has 2 rings (SSSR count). The zero-order valence-corrected chi connectivity index (χ0v) is 15.7. The van der Waals surface area contributed by atoms with Crippen LogP contribution in [0.2, 0.25) is 5.02 Å². The van der Waals surface area contributed by atoms with E-state index in [1.807, 2.05) is 0 Å². The van der Waals surface area contributed by atoms with Crippen LogP contribution in [0.1, 0.15) is 22.8 Å². The first kappa shape index (κ1) is 21.0. The van der Waals surface area contributed by atoms with Crippen molar-refractivity contribution >= 4 is 23.2 Å². The van der Waals surface area contributed by atoms with Gasteiger partial charge >= 0.3 is 0 Å². The summed E-state index contributed by atoms with van der Waals surface area (Å²) >= 11 is 5.99. The van der Waals surface area contributed by atoms with Gasteiger partial charge in [0.2, 0.25) is 0 Å². The Hall–Kier alpha value is -2.35. The molecule has 0 spiro atoms. The molecule has 27 heavy (non-hydrogen) atoms. The smallest absolute Gasteiger partial charge is 0.255 e. The standard InChI is InChI=1S/C19H23ClFN3O3/c1-2-27-18-8-17(22)16(20)7-15(18)19(26)24-11-14(25)10-23-9-12-3-5-13(21)6-4-12/h3-8,14,23,25H,2,9-11,22H2,1H3,(H,24,26)/t14-/m0/s1. The number of halogens is 2. The zero-order chi connectivity index (χ0) is 19.8. The van der Waals surface area contributed by atoms with Crippen molar-refractivity contribution in [2.24, 2.45) is 0 Å². The lowest BCUT2D eigenvalue weighted by molar-refractivity contribution is 0.0911. The largest absolute Gasteiger partial charge is 0.493 e. The Balaban J connectivity index is 1.84. The molecule has 2 aromatic carbocycles. The zero-order valence-electron chi connectivity index (χ0n) is 15.0. The lowest BCUT2D eigenvalue weighted by Gasteiger charge is -2.15. The lowest BCUT2D eigenvalue weighted by Crippen LogP contribution is -2.38. The number of carbonyl (C=O) groups is 1. The molecule has 2 aromatic rings. The van der Waals surface area contributed by atoms with Crippen LogP contribution in [0.4, 0.5) is 10.1 Å². The lowest BCUT2D eigenvalue weighted by atomic mass is 10.1. The summed E-state index contributed by atoms with van der Waals surface area (Å²) in [6.45, 7) is 2.95. The molecule has 5 N–H and O–H groups in total. The summed E-state index contributed by atoms with van der Waals surface area (Å²) in [7, 11) is 0. The van der Waals surface area contributed by atoms with Crippen LogP contribution >= 0.6 is 11.6 Å². The van der Waals surface area contributed by atoms with Gasteiger partial charge in [-0.1, -0.05) is 23.7 Å². The Kier molecular flexibility index (Phi) is 7.84. The Morgan fingerprint density at radius 1 is 1.30 bits per heavy atom. The summed E-state index contributed by atoms with van der Waals surface area (Å²) in [6, 6.07) is 9.02. The van der Waals surface area contributed by atoms with E-state index < -0.39 is 12.0 Å². The van der Waals surface area contributed by atoms with E-state index in [0.717, 1.165) is 5.56 Å². The van der Waals surface area contributed by atoms with Gasteiger partial charge in [-0.15, -0.1) is 0 Å². The summed E-state index contributed by atoms with van der Waals surface area (Å²) in [5.41, 5.74) is 7.21. The maximum Gasteiger partial charge on any atom is 0.255 e. The fraction of sp³-hybridized carbons (Fsp3) is 0.316. The highest BCUT2D eigenvalue weighted by Crippen LogP contribution is 2.29. The Bertz CT molecular complexity index is 772. The van der Waals surface area contributed by atoms with Gasteiger partial charge in [0.15, 0.2) is 0 Å². The predicted octanol–water partition coefficient (Wildman–Crippen LogP) is 2.34. The van der Waals surface area contributed by atoms with Gasteiger partial charge in [0.1, 0.15) is 11.6 Å². The second-order valence-corrected chi connectivity index (χ2v) is 6.33. The van der Waals surface area contributed by atoms with Crippen molar-refractivity contribution < 1.29 is 19.0 Å². The topological polar surface area (TPSA) is 96.6 Å². The molecule has 0 saturated carbocycles. The number of nitrogens with one attached hydrogen (secondary N) is 2. The van der Waals surface area contributed by atoms with Gasteiger partial charge in [0.25, 0.3) is 5.91 Å². The van der Waals surface area contributed by atoms with Gasteiger partial charge in [-0.3, -0.25) is 4.79 Å².